The largest absolute Gasteiger partial charge is 0.508 e. The molecule has 5 aromatic carbocycles. The SMILES string of the molecule is Oc1ccc(-c2ccc3ccc4cccc5ccc2c3c45)cc1. The lowest BCUT2D eigenvalue weighted by Gasteiger charge is -2.14. The van der Waals surface area contributed by atoms with Crippen molar-refractivity contribution < 1.29 is 5.11 Å². The first-order valence-electron chi connectivity index (χ1n) is 7.77. The molecular weight excluding hydrogens is 280 g/mol. The number of hydrogen-bond donors (Lipinski definition) is 1. The Morgan fingerprint density at radius 1 is 0.522 bits per heavy atom. The van der Waals surface area contributed by atoms with Gasteiger partial charge >= 0.3 is 0 Å². The summed E-state index contributed by atoms with van der Waals surface area (Å²) in [6, 6.07) is 27.1. The lowest BCUT2D eigenvalue weighted by atomic mass is 9.90. The summed E-state index contributed by atoms with van der Waals surface area (Å²) >= 11 is 0. The quantitative estimate of drug-likeness (QED) is 0.378. The van der Waals surface area contributed by atoms with E-state index in [9.17, 15) is 5.11 Å². The van der Waals surface area contributed by atoms with Gasteiger partial charge in [0.15, 0.2) is 0 Å². The molecule has 1 nitrogen and oxygen atoms in total. The average Bonchev–Trinajstić information content (AvgIpc) is 2.60. The van der Waals surface area contributed by atoms with Crippen molar-refractivity contribution in [2.24, 2.45) is 0 Å². The number of aromatic hydroxyl groups is 1. The summed E-state index contributed by atoms with van der Waals surface area (Å²) < 4.78 is 0. The van der Waals surface area contributed by atoms with Crippen molar-refractivity contribution in [3.05, 3.63) is 78.9 Å². The van der Waals surface area contributed by atoms with E-state index < -0.39 is 0 Å². The van der Waals surface area contributed by atoms with Crippen LogP contribution < -0.4 is 0 Å². The number of benzene rings is 5. The van der Waals surface area contributed by atoms with E-state index in [2.05, 4.69) is 54.6 Å². The minimum Gasteiger partial charge on any atom is -0.508 e. The van der Waals surface area contributed by atoms with E-state index in [4.69, 9.17) is 0 Å². The molecule has 0 radical (unpaired) electrons. The van der Waals surface area contributed by atoms with Gasteiger partial charge in [-0.3, -0.25) is 0 Å². The van der Waals surface area contributed by atoms with Crippen molar-refractivity contribution in [2.45, 2.75) is 0 Å². The smallest absolute Gasteiger partial charge is 0.115 e. The Kier molecular flexibility index (Phi) is 2.42. The number of rotatable bonds is 1. The lowest BCUT2D eigenvalue weighted by molar-refractivity contribution is 0.475. The van der Waals surface area contributed by atoms with Gasteiger partial charge in [0.05, 0.1) is 0 Å². The first kappa shape index (κ1) is 12.5. The molecule has 23 heavy (non-hydrogen) atoms. The second-order valence-electron chi connectivity index (χ2n) is 6.02. The summed E-state index contributed by atoms with van der Waals surface area (Å²) in [4.78, 5) is 0. The van der Waals surface area contributed by atoms with E-state index in [-0.39, 0.29) is 0 Å². The van der Waals surface area contributed by atoms with Crippen molar-refractivity contribution in [3.63, 3.8) is 0 Å². The van der Waals surface area contributed by atoms with Gasteiger partial charge in [-0.25, -0.2) is 0 Å². The summed E-state index contributed by atoms with van der Waals surface area (Å²) in [5, 5.41) is 17.3. The molecule has 5 rings (SSSR count). The third kappa shape index (κ3) is 1.74. The molecule has 0 aromatic heterocycles. The van der Waals surface area contributed by atoms with Gasteiger partial charge in [-0.05, 0) is 55.6 Å². The minimum absolute atomic E-state index is 0.298. The highest BCUT2D eigenvalue weighted by molar-refractivity contribution is 6.25. The topological polar surface area (TPSA) is 20.2 Å². The highest BCUT2D eigenvalue weighted by atomic mass is 16.3. The van der Waals surface area contributed by atoms with E-state index in [1.54, 1.807) is 12.1 Å². The van der Waals surface area contributed by atoms with Crippen molar-refractivity contribution in [1.82, 2.24) is 0 Å². The molecule has 5 aromatic rings. The van der Waals surface area contributed by atoms with Crippen LogP contribution in [0.15, 0.2) is 78.9 Å². The van der Waals surface area contributed by atoms with E-state index in [0.29, 0.717) is 5.75 Å². The summed E-state index contributed by atoms with van der Waals surface area (Å²) in [6.07, 6.45) is 0. The normalized spacial score (nSPS) is 11.7. The zero-order valence-electron chi connectivity index (χ0n) is 12.5. The maximum Gasteiger partial charge on any atom is 0.115 e. The van der Waals surface area contributed by atoms with Gasteiger partial charge in [-0.2, -0.15) is 0 Å². The average molecular weight is 294 g/mol. The molecular formula is C22H14O. The molecule has 0 saturated heterocycles. The summed E-state index contributed by atoms with van der Waals surface area (Å²) in [6.45, 7) is 0. The van der Waals surface area contributed by atoms with Crippen LogP contribution in [0.5, 0.6) is 5.75 Å². The van der Waals surface area contributed by atoms with Crippen LogP contribution in [0.25, 0.3) is 43.4 Å². The predicted octanol–water partition coefficient (Wildman–Crippen LogP) is 5.96. The Morgan fingerprint density at radius 3 is 1.87 bits per heavy atom. The molecule has 0 aliphatic rings. The maximum atomic E-state index is 9.54. The molecule has 1 heteroatoms. The van der Waals surface area contributed by atoms with Crippen LogP contribution in [0.4, 0.5) is 0 Å². The summed E-state index contributed by atoms with van der Waals surface area (Å²) in [5.41, 5.74) is 2.33. The lowest BCUT2D eigenvalue weighted by Crippen LogP contribution is -1.86. The van der Waals surface area contributed by atoms with Crippen LogP contribution in [-0.2, 0) is 0 Å². The Hall–Kier alpha value is -3.06. The van der Waals surface area contributed by atoms with Crippen molar-refractivity contribution in [2.75, 3.05) is 0 Å². The van der Waals surface area contributed by atoms with Crippen molar-refractivity contribution in [3.8, 4) is 16.9 Å². The van der Waals surface area contributed by atoms with Crippen LogP contribution in [-0.4, -0.2) is 5.11 Å². The van der Waals surface area contributed by atoms with Gasteiger partial charge in [0, 0.05) is 0 Å². The van der Waals surface area contributed by atoms with Gasteiger partial charge < -0.3 is 5.11 Å². The van der Waals surface area contributed by atoms with E-state index >= 15 is 0 Å². The zero-order valence-corrected chi connectivity index (χ0v) is 12.5. The minimum atomic E-state index is 0.298. The van der Waals surface area contributed by atoms with E-state index in [1.807, 2.05) is 12.1 Å². The standard InChI is InChI=1S/C22H14O/c23-18-10-6-14(7-11-18)19-12-8-17-5-4-15-2-1-3-16-9-13-20(19)22(17)21(15)16/h1-13,23H. The van der Waals surface area contributed by atoms with E-state index in [1.165, 1.54) is 37.9 Å². The molecule has 0 unspecified atom stereocenters. The first-order valence-corrected chi connectivity index (χ1v) is 7.77. The van der Waals surface area contributed by atoms with E-state index in [0.717, 1.165) is 5.56 Å². The fourth-order valence-electron chi connectivity index (χ4n) is 3.63. The molecule has 0 saturated carbocycles. The first-order chi connectivity index (χ1) is 11.3. The van der Waals surface area contributed by atoms with Crippen LogP contribution in [0.1, 0.15) is 0 Å². The fourth-order valence-corrected chi connectivity index (χ4v) is 3.63. The Balaban J connectivity index is 1.96. The molecule has 0 heterocycles. The molecule has 0 spiro atoms. The number of hydrogen-bond acceptors (Lipinski definition) is 1. The monoisotopic (exact) mass is 294 g/mol. The highest BCUT2D eigenvalue weighted by Crippen LogP contribution is 2.39. The molecule has 0 bridgehead atoms. The van der Waals surface area contributed by atoms with Gasteiger partial charge in [0.2, 0.25) is 0 Å². The van der Waals surface area contributed by atoms with Crippen molar-refractivity contribution in [1.29, 1.82) is 0 Å². The van der Waals surface area contributed by atoms with Gasteiger partial charge in [0.1, 0.15) is 5.75 Å². The molecule has 0 amide bonds. The van der Waals surface area contributed by atoms with Gasteiger partial charge in [-0.15, -0.1) is 0 Å². The van der Waals surface area contributed by atoms with Crippen LogP contribution in [0.3, 0.4) is 0 Å². The second-order valence-corrected chi connectivity index (χ2v) is 6.02. The number of phenolic OH excluding ortho intramolecular Hbond substituents is 1. The fraction of sp³-hybridized carbons (Fsp3) is 0. The molecule has 0 atom stereocenters. The summed E-state index contributed by atoms with van der Waals surface area (Å²) in [5.74, 6) is 0.298. The molecule has 0 aliphatic carbocycles. The van der Waals surface area contributed by atoms with Crippen LogP contribution >= 0.6 is 0 Å². The summed E-state index contributed by atoms with van der Waals surface area (Å²) in [7, 11) is 0. The number of phenols is 1. The Labute approximate surface area is 133 Å². The molecule has 0 aliphatic heterocycles. The molecule has 108 valence electrons. The van der Waals surface area contributed by atoms with Crippen LogP contribution in [0.2, 0.25) is 0 Å². The maximum absolute atomic E-state index is 9.54. The highest BCUT2D eigenvalue weighted by Gasteiger charge is 2.11. The Bertz CT molecular complexity index is 1140. The van der Waals surface area contributed by atoms with Crippen molar-refractivity contribution >= 4 is 32.3 Å². The second kappa shape index (κ2) is 4.47. The third-order valence-electron chi connectivity index (χ3n) is 4.71. The third-order valence-corrected chi connectivity index (χ3v) is 4.71. The predicted molar refractivity (Wildman–Crippen MR) is 97.2 cm³/mol. The zero-order chi connectivity index (χ0) is 15.4. The Morgan fingerprint density at radius 2 is 1.13 bits per heavy atom. The molecule has 0 fully saturated rings. The molecule has 1 N–H and O–H groups in total. The van der Waals surface area contributed by atoms with Gasteiger partial charge in [-0.1, -0.05) is 66.7 Å². The van der Waals surface area contributed by atoms with Gasteiger partial charge in [0.25, 0.3) is 0 Å². The van der Waals surface area contributed by atoms with Crippen LogP contribution in [0, 0.1) is 0 Å².